The summed E-state index contributed by atoms with van der Waals surface area (Å²) in [5.41, 5.74) is 0.933. The fourth-order valence-electron chi connectivity index (χ4n) is 1.53. The van der Waals surface area contributed by atoms with Gasteiger partial charge in [0.2, 0.25) is 0 Å². The van der Waals surface area contributed by atoms with Crippen molar-refractivity contribution in [2.24, 2.45) is 0 Å². The number of rotatable bonds is 3. The van der Waals surface area contributed by atoms with Gasteiger partial charge in [-0.1, -0.05) is 0 Å². The molecule has 2 N–H and O–H groups in total. The molecule has 4 nitrogen and oxygen atoms in total. The van der Waals surface area contributed by atoms with Crippen LogP contribution in [-0.2, 0) is 6.54 Å². The summed E-state index contributed by atoms with van der Waals surface area (Å²) in [5.74, 6) is -5.31. The van der Waals surface area contributed by atoms with E-state index in [0.29, 0.717) is 6.07 Å². The van der Waals surface area contributed by atoms with Gasteiger partial charge < -0.3 is 5.32 Å². The first-order valence-corrected chi connectivity index (χ1v) is 5.41. The summed E-state index contributed by atoms with van der Waals surface area (Å²) in [6, 6.07) is 1.60. The Balaban J connectivity index is 2.13. The van der Waals surface area contributed by atoms with E-state index in [2.05, 4.69) is 15.5 Å². The molecule has 1 amide bonds. The Morgan fingerprint density at radius 3 is 2.68 bits per heavy atom. The van der Waals surface area contributed by atoms with Gasteiger partial charge in [-0.15, -0.1) is 0 Å². The Morgan fingerprint density at radius 2 is 2.05 bits per heavy atom. The summed E-state index contributed by atoms with van der Waals surface area (Å²) in [4.78, 5) is 11.7. The van der Waals surface area contributed by atoms with Gasteiger partial charge in [0, 0.05) is 17.8 Å². The zero-order valence-corrected chi connectivity index (χ0v) is 9.93. The van der Waals surface area contributed by atoms with Gasteiger partial charge in [-0.3, -0.25) is 9.89 Å². The quantitative estimate of drug-likeness (QED) is 0.838. The summed E-state index contributed by atoms with van der Waals surface area (Å²) in [6.07, 6.45) is 1.51. The third-order valence-electron chi connectivity index (χ3n) is 2.65. The van der Waals surface area contributed by atoms with E-state index < -0.39 is 28.9 Å². The number of nitrogens with zero attached hydrogens (tertiary/aromatic N) is 1. The molecule has 0 atom stereocenters. The lowest BCUT2D eigenvalue weighted by molar-refractivity contribution is 0.0945. The number of amides is 1. The number of hydrogen-bond acceptors (Lipinski definition) is 2. The second-order valence-corrected chi connectivity index (χ2v) is 3.93. The van der Waals surface area contributed by atoms with Crippen LogP contribution in [0, 0.1) is 24.4 Å². The number of halogens is 3. The van der Waals surface area contributed by atoms with Crippen molar-refractivity contribution in [3.8, 4) is 0 Å². The zero-order chi connectivity index (χ0) is 14.0. The molecule has 0 fully saturated rings. The molecule has 0 spiro atoms. The van der Waals surface area contributed by atoms with Crippen LogP contribution in [0.25, 0.3) is 0 Å². The highest BCUT2D eigenvalue weighted by molar-refractivity contribution is 5.94. The Labute approximate surface area is 106 Å². The van der Waals surface area contributed by atoms with Crippen LogP contribution in [-0.4, -0.2) is 16.1 Å². The molecule has 0 aliphatic rings. The molecule has 0 radical (unpaired) electrons. The first-order valence-electron chi connectivity index (χ1n) is 5.41. The molecule has 1 heterocycles. The Bertz CT molecular complexity index is 625. The topological polar surface area (TPSA) is 57.8 Å². The van der Waals surface area contributed by atoms with E-state index in [1.807, 2.05) is 0 Å². The molecule has 7 heteroatoms. The van der Waals surface area contributed by atoms with Crippen molar-refractivity contribution in [3.63, 3.8) is 0 Å². The lowest BCUT2D eigenvalue weighted by Gasteiger charge is -2.06. The normalized spacial score (nSPS) is 10.5. The molecule has 0 saturated heterocycles. The number of carbonyl (C=O) groups is 1. The van der Waals surface area contributed by atoms with Gasteiger partial charge in [-0.25, -0.2) is 13.2 Å². The van der Waals surface area contributed by atoms with E-state index in [1.54, 1.807) is 6.92 Å². The molecule has 1 aromatic heterocycles. The highest BCUT2D eigenvalue weighted by atomic mass is 19.2. The molecular formula is C12H10F3N3O. The van der Waals surface area contributed by atoms with E-state index in [9.17, 15) is 18.0 Å². The third kappa shape index (κ3) is 2.59. The van der Waals surface area contributed by atoms with Crippen molar-refractivity contribution in [2.75, 3.05) is 0 Å². The minimum absolute atomic E-state index is 0.111. The van der Waals surface area contributed by atoms with Crippen molar-refractivity contribution in [2.45, 2.75) is 13.5 Å². The van der Waals surface area contributed by atoms with Crippen LogP contribution in [0.2, 0.25) is 0 Å². The molecule has 100 valence electrons. The van der Waals surface area contributed by atoms with Crippen molar-refractivity contribution in [3.05, 3.63) is 52.6 Å². The fourth-order valence-corrected chi connectivity index (χ4v) is 1.53. The Morgan fingerprint density at radius 1 is 1.32 bits per heavy atom. The molecule has 19 heavy (non-hydrogen) atoms. The third-order valence-corrected chi connectivity index (χ3v) is 2.65. The van der Waals surface area contributed by atoms with Gasteiger partial charge in [0.1, 0.15) is 0 Å². The van der Waals surface area contributed by atoms with Crippen LogP contribution in [0.15, 0.2) is 18.3 Å². The standard InChI is InChI=1S/C12H10F3N3O/c1-6-7(5-17-18-6)4-16-12(19)8-2-3-9(13)11(15)10(8)14/h2-3,5H,4H2,1H3,(H,16,19)(H,17,18). The number of carbonyl (C=O) groups excluding carboxylic acids is 1. The number of aryl methyl sites for hydroxylation is 1. The average Bonchev–Trinajstić information content (AvgIpc) is 2.79. The second-order valence-electron chi connectivity index (χ2n) is 3.93. The van der Waals surface area contributed by atoms with Gasteiger partial charge in [-0.2, -0.15) is 5.10 Å². The van der Waals surface area contributed by atoms with E-state index in [4.69, 9.17) is 0 Å². The van der Waals surface area contributed by atoms with Crippen molar-refractivity contribution >= 4 is 5.91 Å². The van der Waals surface area contributed by atoms with Gasteiger partial charge >= 0.3 is 0 Å². The second kappa shape index (κ2) is 5.13. The van der Waals surface area contributed by atoms with E-state index in [-0.39, 0.29) is 6.54 Å². The van der Waals surface area contributed by atoms with Crippen LogP contribution in [0.4, 0.5) is 13.2 Å². The summed E-state index contributed by atoms with van der Waals surface area (Å²) in [7, 11) is 0. The minimum Gasteiger partial charge on any atom is -0.348 e. The average molecular weight is 269 g/mol. The number of aromatic amines is 1. The maximum absolute atomic E-state index is 13.4. The first kappa shape index (κ1) is 13.1. The molecule has 0 aliphatic carbocycles. The number of benzene rings is 1. The smallest absolute Gasteiger partial charge is 0.254 e. The highest BCUT2D eigenvalue weighted by Gasteiger charge is 2.18. The maximum Gasteiger partial charge on any atom is 0.254 e. The summed E-state index contributed by atoms with van der Waals surface area (Å²) < 4.78 is 39.1. The van der Waals surface area contributed by atoms with E-state index in [0.717, 1.165) is 17.3 Å². The Kier molecular flexibility index (Phi) is 3.55. The van der Waals surface area contributed by atoms with Gasteiger partial charge in [0.25, 0.3) is 5.91 Å². The molecule has 0 bridgehead atoms. The monoisotopic (exact) mass is 269 g/mol. The predicted octanol–water partition coefficient (Wildman–Crippen LogP) is 2.07. The number of hydrogen-bond donors (Lipinski definition) is 2. The summed E-state index contributed by atoms with van der Waals surface area (Å²) in [6.45, 7) is 1.87. The van der Waals surface area contributed by atoms with Crippen LogP contribution in [0.5, 0.6) is 0 Å². The predicted molar refractivity (Wildman–Crippen MR) is 60.8 cm³/mol. The molecular weight excluding hydrogens is 259 g/mol. The molecule has 0 aliphatic heterocycles. The van der Waals surface area contributed by atoms with Crippen molar-refractivity contribution in [1.29, 1.82) is 0 Å². The Hall–Kier alpha value is -2.31. The van der Waals surface area contributed by atoms with Gasteiger partial charge in [0.05, 0.1) is 11.8 Å². The largest absolute Gasteiger partial charge is 0.348 e. The number of nitrogens with one attached hydrogen (secondary N) is 2. The molecule has 0 unspecified atom stereocenters. The van der Waals surface area contributed by atoms with Gasteiger partial charge in [-0.05, 0) is 19.1 Å². The summed E-state index contributed by atoms with van der Waals surface area (Å²) in [5, 5.41) is 8.83. The van der Waals surface area contributed by atoms with E-state index in [1.165, 1.54) is 6.20 Å². The van der Waals surface area contributed by atoms with E-state index >= 15 is 0 Å². The molecule has 2 rings (SSSR count). The van der Waals surface area contributed by atoms with Gasteiger partial charge in [0.15, 0.2) is 17.5 Å². The zero-order valence-electron chi connectivity index (χ0n) is 9.93. The molecule has 0 saturated carbocycles. The van der Waals surface area contributed by atoms with Crippen LogP contribution >= 0.6 is 0 Å². The maximum atomic E-state index is 13.4. The molecule has 2 aromatic rings. The number of aromatic nitrogens is 2. The lowest BCUT2D eigenvalue weighted by Crippen LogP contribution is -2.24. The van der Waals surface area contributed by atoms with Crippen LogP contribution in [0.3, 0.4) is 0 Å². The molecule has 1 aromatic carbocycles. The lowest BCUT2D eigenvalue weighted by atomic mass is 10.1. The van der Waals surface area contributed by atoms with Crippen LogP contribution < -0.4 is 5.32 Å². The minimum atomic E-state index is -1.66. The summed E-state index contributed by atoms with van der Waals surface area (Å²) >= 11 is 0. The SMILES string of the molecule is Cc1[nH]ncc1CNC(=O)c1ccc(F)c(F)c1F. The first-order chi connectivity index (χ1) is 9.00. The number of H-pyrrole nitrogens is 1. The fraction of sp³-hybridized carbons (Fsp3) is 0.167. The van der Waals surface area contributed by atoms with Crippen LogP contribution in [0.1, 0.15) is 21.6 Å². The van der Waals surface area contributed by atoms with Crippen molar-refractivity contribution < 1.29 is 18.0 Å². The highest BCUT2D eigenvalue weighted by Crippen LogP contribution is 2.15. The van der Waals surface area contributed by atoms with Crippen molar-refractivity contribution in [1.82, 2.24) is 15.5 Å².